The van der Waals surface area contributed by atoms with Gasteiger partial charge in [-0.1, -0.05) is 12.1 Å². The van der Waals surface area contributed by atoms with Crippen molar-refractivity contribution in [1.29, 1.82) is 0 Å². The number of halogens is 1. The lowest BCUT2D eigenvalue weighted by Gasteiger charge is -2.08. The van der Waals surface area contributed by atoms with Gasteiger partial charge in [-0.25, -0.2) is 4.39 Å². The van der Waals surface area contributed by atoms with E-state index in [1.807, 2.05) is 24.3 Å². The van der Waals surface area contributed by atoms with Crippen molar-refractivity contribution in [1.82, 2.24) is 25.1 Å². The van der Waals surface area contributed by atoms with Crippen LogP contribution in [0.1, 0.15) is 10.4 Å². The number of aromatic nitrogens is 4. The molecule has 0 aliphatic carbocycles. The molecule has 0 bridgehead atoms. The van der Waals surface area contributed by atoms with Crippen molar-refractivity contribution in [2.45, 2.75) is 0 Å². The van der Waals surface area contributed by atoms with Crippen LogP contribution in [0.25, 0.3) is 17.0 Å². The van der Waals surface area contributed by atoms with Crippen LogP contribution in [0.15, 0.2) is 60.7 Å². The van der Waals surface area contributed by atoms with Gasteiger partial charge in [0.1, 0.15) is 18.2 Å². The van der Waals surface area contributed by atoms with E-state index in [0.717, 1.165) is 11.3 Å². The molecule has 2 heterocycles. The fraction of sp³-hybridized carbons (Fsp3) is 0.143. The molecule has 2 aromatic heterocycles. The van der Waals surface area contributed by atoms with Crippen LogP contribution in [0.3, 0.4) is 0 Å². The Morgan fingerprint density at radius 3 is 2.63 bits per heavy atom. The maximum Gasteiger partial charge on any atom is 0.254 e. The second-order valence-corrected chi connectivity index (χ2v) is 6.28. The highest BCUT2D eigenvalue weighted by atomic mass is 19.1. The molecule has 152 valence electrons. The molecule has 4 rings (SSSR count). The molecule has 0 saturated heterocycles. The lowest BCUT2D eigenvalue weighted by molar-refractivity contribution is 0.0942. The topological polar surface area (TPSA) is 90.6 Å². The highest BCUT2D eigenvalue weighted by Crippen LogP contribution is 2.21. The van der Waals surface area contributed by atoms with Crippen molar-refractivity contribution in [3.8, 4) is 23.0 Å². The molecule has 4 aromatic rings. The van der Waals surface area contributed by atoms with E-state index in [2.05, 4.69) is 20.6 Å². The first-order chi connectivity index (χ1) is 14.7. The third-order valence-electron chi connectivity index (χ3n) is 4.34. The molecule has 0 unspecified atom stereocenters. The van der Waals surface area contributed by atoms with Crippen molar-refractivity contribution < 1.29 is 18.7 Å². The van der Waals surface area contributed by atoms with Gasteiger partial charge < -0.3 is 14.8 Å². The van der Waals surface area contributed by atoms with Crippen LogP contribution in [-0.2, 0) is 0 Å². The van der Waals surface area contributed by atoms with Crippen LogP contribution < -0.4 is 14.8 Å². The van der Waals surface area contributed by atoms with Gasteiger partial charge >= 0.3 is 0 Å². The molecule has 0 aliphatic rings. The predicted octanol–water partition coefficient (Wildman–Crippen LogP) is 2.75. The average molecular weight is 407 g/mol. The monoisotopic (exact) mass is 407 g/mol. The summed E-state index contributed by atoms with van der Waals surface area (Å²) in [5, 5.41) is 15.3. The number of nitrogens with one attached hydrogen (secondary N) is 1. The summed E-state index contributed by atoms with van der Waals surface area (Å²) in [5.74, 6) is 0.576. The zero-order valence-electron chi connectivity index (χ0n) is 16.1. The second-order valence-electron chi connectivity index (χ2n) is 6.28. The van der Waals surface area contributed by atoms with Crippen molar-refractivity contribution >= 4 is 11.6 Å². The van der Waals surface area contributed by atoms with Crippen molar-refractivity contribution in [2.75, 3.05) is 20.3 Å². The number of hydrogen-bond donors (Lipinski definition) is 1. The molecular formula is C21H18FN5O3. The predicted molar refractivity (Wildman–Crippen MR) is 107 cm³/mol. The molecular weight excluding hydrogens is 389 g/mol. The largest absolute Gasteiger partial charge is 0.497 e. The number of benzene rings is 2. The van der Waals surface area contributed by atoms with Crippen LogP contribution in [0.2, 0.25) is 0 Å². The highest BCUT2D eigenvalue weighted by molar-refractivity contribution is 5.94. The first-order valence-corrected chi connectivity index (χ1v) is 9.18. The summed E-state index contributed by atoms with van der Waals surface area (Å²) < 4.78 is 26.0. The summed E-state index contributed by atoms with van der Waals surface area (Å²) >= 11 is 0. The van der Waals surface area contributed by atoms with Gasteiger partial charge in [-0.05, 0) is 42.5 Å². The number of amides is 1. The minimum atomic E-state index is -0.568. The van der Waals surface area contributed by atoms with Crippen LogP contribution in [0.5, 0.6) is 11.6 Å². The maximum atomic E-state index is 13.6. The first-order valence-electron chi connectivity index (χ1n) is 9.18. The maximum absolute atomic E-state index is 13.6. The summed E-state index contributed by atoms with van der Waals surface area (Å²) in [6, 6.07) is 16.6. The fourth-order valence-corrected chi connectivity index (χ4v) is 2.83. The van der Waals surface area contributed by atoms with Crippen LogP contribution in [-0.4, -0.2) is 46.0 Å². The first kappa shape index (κ1) is 19.3. The Labute approximate surface area is 171 Å². The highest BCUT2D eigenvalue weighted by Gasteiger charge is 2.12. The van der Waals surface area contributed by atoms with Gasteiger partial charge in [0.15, 0.2) is 11.5 Å². The minimum Gasteiger partial charge on any atom is -0.497 e. The van der Waals surface area contributed by atoms with E-state index in [1.165, 1.54) is 18.2 Å². The molecule has 30 heavy (non-hydrogen) atoms. The van der Waals surface area contributed by atoms with E-state index in [-0.39, 0.29) is 18.7 Å². The number of ether oxygens (including phenoxy) is 2. The van der Waals surface area contributed by atoms with Gasteiger partial charge in [0, 0.05) is 11.6 Å². The molecule has 0 atom stereocenters. The SMILES string of the molecule is COc1ccc(-c2nnc3ccc(OCCNC(=O)c4ccccc4F)nn23)cc1. The number of rotatable bonds is 7. The molecule has 1 amide bonds. The van der Waals surface area contributed by atoms with Gasteiger partial charge in [-0.2, -0.15) is 4.52 Å². The summed E-state index contributed by atoms with van der Waals surface area (Å²) in [4.78, 5) is 12.0. The van der Waals surface area contributed by atoms with E-state index in [1.54, 1.807) is 29.8 Å². The standard InChI is InChI=1S/C21H18FN5O3/c1-29-15-8-6-14(7-9-15)20-25-24-18-10-11-19(26-27(18)20)30-13-12-23-21(28)16-4-2-3-5-17(16)22/h2-11H,12-13H2,1H3,(H,23,28). The third-order valence-corrected chi connectivity index (χ3v) is 4.34. The molecule has 0 spiro atoms. The summed E-state index contributed by atoms with van der Waals surface area (Å²) in [6.07, 6.45) is 0. The van der Waals surface area contributed by atoms with E-state index >= 15 is 0 Å². The van der Waals surface area contributed by atoms with Crippen LogP contribution in [0.4, 0.5) is 4.39 Å². The zero-order valence-corrected chi connectivity index (χ0v) is 16.1. The number of hydrogen-bond acceptors (Lipinski definition) is 6. The normalized spacial score (nSPS) is 10.7. The van der Waals surface area contributed by atoms with E-state index in [4.69, 9.17) is 9.47 Å². The van der Waals surface area contributed by atoms with Crippen molar-refractivity contribution in [2.24, 2.45) is 0 Å². The van der Waals surface area contributed by atoms with Crippen LogP contribution in [0, 0.1) is 5.82 Å². The van der Waals surface area contributed by atoms with Gasteiger partial charge in [-0.3, -0.25) is 4.79 Å². The zero-order chi connectivity index (χ0) is 20.9. The Kier molecular flexibility index (Phi) is 5.51. The van der Waals surface area contributed by atoms with Gasteiger partial charge in [0.25, 0.3) is 5.91 Å². The number of fused-ring (bicyclic) bond motifs is 1. The molecule has 1 N–H and O–H groups in total. The second kappa shape index (κ2) is 8.56. The van der Waals surface area contributed by atoms with E-state index in [0.29, 0.717) is 17.4 Å². The average Bonchev–Trinajstić information content (AvgIpc) is 3.20. The number of methoxy groups -OCH3 is 1. The Morgan fingerprint density at radius 1 is 1.07 bits per heavy atom. The molecule has 9 heteroatoms. The molecule has 0 saturated carbocycles. The molecule has 2 aromatic carbocycles. The van der Waals surface area contributed by atoms with E-state index < -0.39 is 11.7 Å². The molecule has 0 fully saturated rings. The van der Waals surface area contributed by atoms with Gasteiger partial charge in [0.05, 0.1) is 19.2 Å². The number of carbonyl (C=O) groups excluding carboxylic acids is 1. The molecule has 8 nitrogen and oxygen atoms in total. The third kappa shape index (κ3) is 4.04. The minimum absolute atomic E-state index is 0.00864. The Bertz CT molecular complexity index is 1180. The Hall–Kier alpha value is -4.01. The fourth-order valence-electron chi connectivity index (χ4n) is 2.83. The summed E-state index contributed by atoms with van der Waals surface area (Å²) in [6.45, 7) is 0.360. The molecule has 0 radical (unpaired) electrons. The van der Waals surface area contributed by atoms with Gasteiger partial charge in [0.2, 0.25) is 5.88 Å². The lowest BCUT2D eigenvalue weighted by Crippen LogP contribution is -2.28. The smallest absolute Gasteiger partial charge is 0.254 e. The summed E-state index contributed by atoms with van der Waals surface area (Å²) in [5.41, 5.74) is 1.39. The molecule has 0 aliphatic heterocycles. The number of carbonyl (C=O) groups is 1. The van der Waals surface area contributed by atoms with Crippen LogP contribution >= 0.6 is 0 Å². The van der Waals surface area contributed by atoms with Crippen molar-refractivity contribution in [3.05, 3.63) is 72.0 Å². The Balaban J connectivity index is 1.41. The Morgan fingerprint density at radius 2 is 1.87 bits per heavy atom. The summed E-state index contributed by atoms with van der Waals surface area (Å²) in [7, 11) is 1.60. The van der Waals surface area contributed by atoms with Crippen molar-refractivity contribution in [3.63, 3.8) is 0 Å². The number of nitrogens with zero attached hydrogens (tertiary/aromatic N) is 4. The van der Waals surface area contributed by atoms with Gasteiger partial charge in [-0.15, -0.1) is 15.3 Å². The van der Waals surface area contributed by atoms with E-state index in [9.17, 15) is 9.18 Å². The quantitative estimate of drug-likeness (QED) is 0.474. The lowest BCUT2D eigenvalue weighted by atomic mass is 10.2.